The van der Waals surface area contributed by atoms with Gasteiger partial charge in [-0.15, -0.1) is 0 Å². The monoisotopic (exact) mass is 456 g/mol. The van der Waals surface area contributed by atoms with Crippen LogP contribution in [0.15, 0.2) is 4.99 Å². The lowest BCUT2D eigenvalue weighted by atomic mass is 10.1. The number of nitrogens with one attached hydrogen (secondary N) is 2. The van der Waals surface area contributed by atoms with Crippen molar-refractivity contribution in [3.05, 3.63) is 0 Å². The number of hydrogen-bond acceptors (Lipinski definition) is 7. The van der Waals surface area contributed by atoms with Gasteiger partial charge in [0.15, 0.2) is 5.96 Å². The number of primary amides is 1. The fraction of sp³-hybridized carbons (Fsp3) is 0.667. The summed E-state index contributed by atoms with van der Waals surface area (Å²) < 4.78 is 0. The molecule has 1 saturated heterocycles. The predicted molar refractivity (Wildman–Crippen MR) is 114 cm³/mol. The van der Waals surface area contributed by atoms with Crippen LogP contribution in [0, 0.1) is 0 Å². The van der Waals surface area contributed by atoms with E-state index in [1.807, 2.05) is 0 Å². The number of carboxylic acid groups (broad SMARTS) is 1. The third-order valence-corrected chi connectivity index (χ3v) is 4.90. The van der Waals surface area contributed by atoms with E-state index in [1.165, 1.54) is 4.90 Å². The van der Waals surface area contributed by atoms with E-state index >= 15 is 0 Å². The van der Waals surface area contributed by atoms with Crippen LogP contribution in [0.2, 0.25) is 0 Å². The third-order valence-electron chi connectivity index (χ3n) is 4.90. The molecule has 11 N–H and O–H groups in total. The van der Waals surface area contributed by atoms with Crippen molar-refractivity contribution < 1.29 is 29.1 Å². The van der Waals surface area contributed by atoms with Crippen LogP contribution in [0.4, 0.5) is 0 Å². The number of carbonyl (C=O) groups excluding carboxylic acids is 4. The van der Waals surface area contributed by atoms with Crippen LogP contribution in [-0.2, 0) is 24.0 Å². The largest absolute Gasteiger partial charge is 0.480 e. The number of aliphatic imine (C=N–C) groups is 1. The highest BCUT2D eigenvalue weighted by atomic mass is 16.4. The minimum Gasteiger partial charge on any atom is -0.480 e. The molecule has 32 heavy (non-hydrogen) atoms. The minimum atomic E-state index is -1.23. The summed E-state index contributed by atoms with van der Waals surface area (Å²) in [4.78, 5) is 65.1. The number of carboxylic acids is 1. The maximum absolute atomic E-state index is 13.0. The van der Waals surface area contributed by atoms with Crippen molar-refractivity contribution in [2.24, 2.45) is 27.9 Å². The number of likely N-dealkylation sites (tertiary alicyclic amines) is 1. The van der Waals surface area contributed by atoms with E-state index in [2.05, 4.69) is 15.6 Å². The maximum atomic E-state index is 13.0. The fourth-order valence-electron chi connectivity index (χ4n) is 3.33. The molecular formula is C18H32N8O6. The van der Waals surface area contributed by atoms with Crippen LogP contribution < -0.4 is 33.6 Å². The molecule has 0 aromatic carbocycles. The van der Waals surface area contributed by atoms with Gasteiger partial charge in [-0.25, -0.2) is 4.79 Å². The van der Waals surface area contributed by atoms with Crippen molar-refractivity contribution in [1.29, 1.82) is 0 Å². The summed E-state index contributed by atoms with van der Waals surface area (Å²) >= 11 is 0. The number of aliphatic carboxylic acids is 1. The van der Waals surface area contributed by atoms with Gasteiger partial charge in [-0.3, -0.25) is 24.2 Å². The molecule has 14 heteroatoms. The van der Waals surface area contributed by atoms with Crippen LogP contribution in [0.5, 0.6) is 0 Å². The number of rotatable bonds is 13. The Kier molecular flexibility index (Phi) is 10.9. The highest BCUT2D eigenvalue weighted by molar-refractivity contribution is 5.94. The molecule has 0 unspecified atom stereocenters. The first-order valence-corrected chi connectivity index (χ1v) is 10.2. The van der Waals surface area contributed by atoms with Gasteiger partial charge in [0.2, 0.25) is 23.6 Å². The summed E-state index contributed by atoms with van der Waals surface area (Å²) in [6.45, 7) is 0.0908. The van der Waals surface area contributed by atoms with Gasteiger partial charge in [-0.05, 0) is 32.1 Å². The van der Waals surface area contributed by atoms with E-state index < -0.39 is 47.7 Å². The van der Waals surface area contributed by atoms with Gasteiger partial charge in [0, 0.05) is 19.5 Å². The van der Waals surface area contributed by atoms with Crippen molar-refractivity contribution in [3.63, 3.8) is 0 Å². The van der Waals surface area contributed by atoms with Crippen LogP contribution in [0.3, 0.4) is 0 Å². The molecule has 0 radical (unpaired) electrons. The standard InChI is InChI=1S/C18H32N8O6/c19-9-14(28)24-10(5-6-13(20)27)16(30)26-8-2-4-12(26)15(29)25-11(17(31)32)3-1-7-23-18(21)22/h10-12H,1-9,19H2,(H2,20,27)(H,24,28)(H,25,29)(H,31,32)(H4,21,22,23)/t10-,11+,12+/m1/s1. The number of nitrogens with zero attached hydrogens (tertiary/aromatic N) is 2. The van der Waals surface area contributed by atoms with Crippen molar-refractivity contribution in [3.8, 4) is 0 Å². The van der Waals surface area contributed by atoms with Crippen LogP contribution in [0.1, 0.15) is 38.5 Å². The lowest BCUT2D eigenvalue weighted by Gasteiger charge is -2.29. The number of guanidine groups is 1. The second-order valence-corrected chi connectivity index (χ2v) is 7.37. The van der Waals surface area contributed by atoms with Gasteiger partial charge < -0.3 is 43.6 Å². The molecule has 0 spiro atoms. The molecule has 1 aliphatic heterocycles. The number of carbonyl (C=O) groups is 5. The van der Waals surface area contributed by atoms with Gasteiger partial charge in [0.1, 0.15) is 18.1 Å². The summed E-state index contributed by atoms with van der Waals surface area (Å²) in [6, 6.07) is -3.17. The van der Waals surface area contributed by atoms with Crippen LogP contribution in [0.25, 0.3) is 0 Å². The molecule has 14 nitrogen and oxygen atoms in total. The van der Waals surface area contributed by atoms with Gasteiger partial charge in [0.25, 0.3) is 0 Å². The number of hydrogen-bond donors (Lipinski definition) is 7. The average molecular weight is 457 g/mol. The SMILES string of the molecule is NCC(=O)N[C@H](CCC(N)=O)C(=O)N1CCC[C@H]1C(=O)N[C@@H](CCCN=C(N)N)C(=O)O. The van der Waals surface area contributed by atoms with E-state index in [0.29, 0.717) is 19.3 Å². The van der Waals surface area contributed by atoms with Crippen molar-refractivity contribution >= 4 is 35.6 Å². The van der Waals surface area contributed by atoms with Crippen molar-refractivity contribution in [2.45, 2.75) is 56.7 Å². The van der Waals surface area contributed by atoms with Crippen molar-refractivity contribution in [2.75, 3.05) is 19.6 Å². The van der Waals surface area contributed by atoms with Crippen LogP contribution >= 0.6 is 0 Å². The lowest BCUT2D eigenvalue weighted by molar-refractivity contribution is -0.145. The Morgan fingerprint density at radius 2 is 1.75 bits per heavy atom. The molecule has 0 bridgehead atoms. The number of amides is 4. The number of nitrogens with two attached hydrogens (primary N) is 4. The van der Waals surface area contributed by atoms with E-state index in [-0.39, 0.29) is 44.9 Å². The molecule has 0 saturated carbocycles. The predicted octanol–water partition coefficient (Wildman–Crippen LogP) is -3.69. The Morgan fingerprint density at radius 3 is 2.31 bits per heavy atom. The first-order valence-electron chi connectivity index (χ1n) is 10.2. The van der Waals surface area contributed by atoms with Crippen molar-refractivity contribution in [1.82, 2.24) is 15.5 Å². The first kappa shape index (κ1) is 26.6. The highest BCUT2D eigenvalue weighted by Crippen LogP contribution is 2.20. The molecule has 1 heterocycles. The average Bonchev–Trinajstić information content (AvgIpc) is 3.21. The molecule has 0 aromatic heterocycles. The normalized spacial score (nSPS) is 17.2. The molecule has 4 amide bonds. The highest BCUT2D eigenvalue weighted by Gasteiger charge is 2.38. The lowest BCUT2D eigenvalue weighted by Crippen LogP contribution is -2.55. The molecule has 0 aromatic rings. The summed E-state index contributed by atoms with van der Waals surface area (Å²) in [5.74, 6) is -3.78. The Balaban J connectivity index is 2.84. The Labute approximate surface area is 185 Å². The molecular weight excluding hydrogens is 424 g/mol. The van der Waals surface area contributed by atoms with Gasteiger partial charge in [-0.2, -0.15) is 0 Å². The Bertz CT molecular complexity index is 739. The summed E-state index contributed by atoms with van der Waals surface area (Å²) in [5, 5.41) is 14.3. The Morgan fingerprint density at radius 1 is 1.06 bits per heavy atom. The third kappa shape index (κ3) is 8.75. The van der Waals surface area contributed by atoms with E-state index in [4.69, 9.17) is 22.9 Å². The topological polar surface area (TPSA) is 249 Å². The summed E-state index contributed by atoms with van der Waals surface area (Å²) in [6.07, 6.45) is 1.05. The Hall–Kier alpha value is -3.42. The van der Waals surface area contributed by atoms with E-state index in [9.17, 15) is 29.1 Å². The maximum Gasteiger partial charge on any atom is 0.326 e. The first-order chi connectivity index (χ1) is 15.1. The van der Waals surface area contributed by atoms with Gasteiger partial charge >= 0.3 is 5.97 Å². The smallest absolute Gasteiger partial charge is 0.326 e. The second-order valence-electron chi connectivity index (χ2n) is 7.37. The molecule has 1 fully saturated rings. The van der Waals surface area contributed by atoms with E-state index in [0.717, 1.165) is 0 Å². The molecule has 3 atom stereocenters. The second kappa shape index (κ2) is 13.1. The van der Waals surface area contributed by atoms with Gasteiger partial charge in [0.05, 0.1) is 6.54 Å². The molecule has 180 valence electrons. The van der Waals surface area contributed by atoms with Crippen LogP contribution in [-0.4, -0.2) is 83.3 Å². The zero-order valence-corrected chi connectivity index (χ0v) is 17.8. The molecule has 0 aliphatic carbocycles. The molecule has 1 rings (SSSR count). The van der Waals surface area contributed by atoms with Gasteiger partial charge in [-0.1, -0.05) is 0 Å². The fourth-order valence-corrected chi connectivity index (χ4v) is 3.33. The zero-order valence-electron chi connectivity index (χ0n) is 17.8. The quantitative estimate of drug-likeness (QED) is 0.0817. The van der Waals surface area contributed by atoms with E-state index in [1.54, 1.807) is 0 Å². The molecule has 1 aliphatic rings. The zero-order chi connectivity index (χ0) is 24.3. The summed E-state index contributed by atoms with van der Waals surface area (Å²) in [5.41, 5.74) is 20.9. The summed E-state index contributed by atoms with van der Waals surface area (Å²) in [7, 11) is 0. The minimum absolute atomic E-state index is 0.0483.